The first-order chi connectivity index (χ1) is 11.6. The zero-order chi connectivity index (χ0) is 17.1. The van der Waals surface area contributed by atoms with Gasteiger partial charge in [0.2, 0.25) is 5.91 Å². The Balaban J connectivity index is 1.61. The van der Waals surface area contributed by atoms with Crippen molar-refractivity contribution in [3.63, 3.8) is 0 Å². The molecule has 1 aromatic carbocycles. The molecule has 1 aliphatic rings. The lowest BCUT2D eigenvalue weighted by molar-refractivity contribution is -0.133. The molecule has 2 amide bonds. The summed E-state index contributed by atoms with van der Waals surface area (Å²) >= 11 is 0. The summed E-state index contributed by atoms with van der Waals surface area (Å²) < 4.78 is 6.73. The first kappa shape index (κ1) is 16.3. The van der Waals surface area contributed by atoms with Crippen molar-refractivity contribution >= 4 is 22.9 Å². The number of aromatic nitrogens is 2. The molecule has 0 bridgehead atoms. The van der Waals surface area contributed by atoms with Gasteiger partial charge in [-0.25, -0.2) is 4.79 Å². The van der Waals surface area contributed by atoms with E-state index in [0.29, 0.717) is 32.8 Å². The number of rotatable bonds is 3. The predicted octanol–water partition coefficient (Wildman–Crippen LogP) is 1.65. The molecule has 7 nitrogen and oxygen atoms in total. The third kappa shape index (κ3) is 3.34. The number of fused-ring (bicyclic) bond motifs is 1. The van der Waals surface area contributed by atoms with Crippen molar-refractivity contribution in [3.8, 4) is 0 Å². The van der Waals surface area contributed by atoms with Crippen LogP contribution in [0.15, 0.2) is 24.4 Å². The van der Waals surface area contributed by atoms with Crippen LogP contribution in [0, 0.1) is 6.92 Å². The van der Waals surface area contributed by atoms with Crippen LogP contribution in [0.1, 0.15) is 12.5 Å². The van der Waals surface area contributed by atoms with E-state index in [1.165, 1.54) is 0 Å². The lowest BCUT2D eigenvalue weighted by Gasteiger charge is -2.34. The highest BCUT2D eigenvalue weighted by atomic mass is 16.6. The molecular formula is C17H22N4O3. The van der Waals surface area contributed by atoms with Crippen molar-refractivity contribution in [3.05, 3.63) is 30.0 Å². The third-order valence-electron chi connectivity index (χ3n) is 4.24. The number of carbonyl (C=O) groups excluding carboxylic acids is 2. The second kappa shape index (κ2) is 6.90. The number of hydrogen-bond acceptors (Lipinski definition) is 4. The van der Waals surface area contributed by atoms with Crippen molar-refractivity contribution in [2.24, 2.45) is 0 Å². The van der Waals surface area contributed by atoms with Crippen LogP contribution in [0.25, 0.3) is 10.9 Å². The van der Waals surface area contributed by atoms with Gasteiger partial charge in [-0.1, -0.05) is 12.1 Å². The summed E-state index contributed by atoms with van der Waals surface area (Å²) in [5.74, 6) is 0.0185. The fourth-order valence-electron chi connectivity index (χ4n) is 2.89. The highest BCUT2D eigenvalue weighted by Gasteiger charge is 2.25. The van der Waals surface area contributed by atoms with E-state index in [2.05, 4.69) is 5.10 Å². The summed E-state index contributed by atoms with van der Waals surface area (Å²) in [6, 6.07) is 6.08. The molecule has 7 heteroatoms. The number of piperazine rings is 1. The van der Waals surface area contributed by atoms with E-state index in [1.807, 2.05) is 25.1 Å². The molecule has 3 rings (SSSR count). The SMILES string of the molecule is CCOC(=O)N1CCN(C(=O)Cn2ncc3ccc(C)cc32)CC1. The van der Waals surface area contributed by atoms with E-state index in [4.69, 9.17) is 4.74 Å². The average Bonchev–Trinajstić information content (AvgIpc) is 2.97. The van der Waals surface area contributed by atoms with Crippen LogP contribution < -0.4 is 0 Å². The van der Waals surface area contributed by atoms with Crippen LogP contribution in [-0.2, 0) is 16.1 Å². The van der Waals surface area contributed by atoms with Crippen LogP contribution in [0.2, 0.25) is 0 Å². The fraction of sp³-hybridized carbons (Fsp3) is 0.471. The van der Waals surface area contributed by atoms with Gasteiger partial charge in [-0.05, 0) is 25.5 Å². The van der Waals surface area contributed by atoms with Gasteiger partial charge in [0.1, 0.15) is 6.54 Å². The molecule has 2 heterocycles. The van der Waals surface area contributed by atoms with Gasteiger partial charge in [0.25, 0.3) is 0 Å². The second-order valence-electron chi connectivity index (χ2n) is 5.93. The summed E-state index contributed by atoms with van der Waals surface area (Å²) in [6.45, 7) is 6.44. The second-order valence-corrected chi connectivity index (χ2v) is 5.93. The minimum atomic E-state index is -0.307. The molecule has 128 valence electrons. The molecule has 0 radical (unpaired) electrons. The molecule has 1 fully saturated rings. The summed E-state index contributed by atoms with van der Waals surface area (Å²) in [6.07, 6.45) is 1.47. The molecule has 0 aliphatic carbocycles. The number of aryl methyl sites for hydroxylation is 1. The standard InChI is InChI=1S/C17H22N4O3/c1-3-24-17(23)20-8-6-19(7-9-20)16(22)12-21-15-10-13(2)4-5-14(15)11-18-21/h4-5,10-11H,3,6-9,12H2,1-2H3. The zero-order valence-electron chi connectivity index (χ0n) is 14.1. The van der Waals surface area contributed by atoms with E-state index in [-0.39, 0.29) is 18.5 Å². The molecule has 24 heavy (non-hydrogen) atoms. The Labute approximate surface area is 140 Å². The molecule has 0 N–H and O–H groups in total. The number of amides is 2. The molecule has 0 atom stereocenters. The largest absolute Gasteiger partial charge is 0.450 e. The lowest BCUT2D eigenvalue weighted by Crippen LogP contribution is -2.51. The van der Waals surface area contributed by atoms with Gasteiger partial charge in [0, 0.05) is 31.6 Å². The maximum atomic E-state index is 12.5. The zero-order valence-corrected chi connectivity index (χ0v) is 14.1. The van der Waals surface area contributed by atoms with Crippen LogP contribution in [-0.4, -0.2) is 64.4 Å². The topological polar surface area (TPSA) is 67.7 Å². The molecule has 0 unspecified atom stereocenters. The van der Waals surface area contributed by atoms with E-state index < -0.39 is 0 Å². The Morgan fingerprint density at radius 2 is 1.88 bits per heavy atom. The number of carbonyl (C=O) groups is 2. The molecule has 0 spiro atoms. The van der Waals surface area contributed by atoms with Crippen LogP contribution in [0.3, 0.4) is 0 Å². The Hall–Kier alpha value is -2.57. The first-order valence-corrected chi connectivity index (χ1v) is 8.20. The summed E-state index contributed by atoms with van der Waals surface area (Å²) in [4.78, 5) is 27.6. The van der Waals surface area contributed by atoms with Gasteiger partial charge in [0.15, 0.2) is 0 Å². The number of hydrogen-bond donors (Lipinski definition) is 0. The normalized spacial score (nSPS) is 14.9. The van der Waals surface area contributed by atoms with Gasteiger partial charge in [-0.2, -0.15) is 5.10 Å². The first-order valence-electron chi connectivity index (χ1n) is 8.20. The van der Waals surface area contributed by atoms with Crippen LogP contribution in [0.4, 0.5) is 4.79 Å². The Bertz CT molecular complexity index is 747. The lowest BCUT2D eigenvalue weighted by atomic mass is 10.2. The van der Waals surface area contributed by atoms with Crippen molar-refractivity contribution in [2.75, 3.05) is 32.8 Å². The Kier molecular flexibility index (Phi) is 4.69. The van der Waals surface area contributed by atoms with Crippen LogP contribution in [0.5, 0.6) is 0 Å². The van der Waals surface area contributed by atoms with Crippen LogP contribution >= 0.6 is 0 Å². The molecule has 2 aromatic rings. The van der Waals surface area contributed by atoms with E-state index in [9.17, 15) is 9.59 Å². The monoisotopic (exact) mass is 330 g/mol. The molecule has 1 aromatic heterocycles. The number of ether oxygens (including phenoxy) is 1. The van der Waals surface area contributed by atoms with Gasteiger partial charge >= 0.3 is 6.09 Å². The molecular weight excluding hydrogens is 308 g/mol. The highest BCUT2D eigenvalue weighted by molar-refractivity contribution is 5.82. The molecule has 1 saturated heterocycles. The van der Waals surface area contributed by atoms with E-state index in [0.717, 1.165) is 16.5 Å². The number of benzene rings is 1. The van der Waals surface area contributed by atoms with Gasteiger partial charge in [-0.15, -0.1) is 0 Å². The predicted molar refractivity (Wildman–Crippen MR) is 89.6 cm³/mol. The van der Waals surface area contributed by atoms with Crippen molar-refractivity contribution in [2.45, 2.75) is 20.4 Å². The minimum absolute atomic E-state index is 0.0185. The summed E-state index contributed by atoms with van der Waals surface area (Å²) in [5.41, 5.74) is 2.10. The maximum Gasteiger partial charge on any atom is 0.409 e. The quantitative estimate of drug-likeness (QED) is 0.858. The molecule has 1 aliphatic heterocycles. The summed E-state index contributed by atoms with van der Waals surface area (Å²) in [7, 11) is 0. The van der Waals surface area contributed by atoms with Crippen molar-refractivity contribution in [1.82, 2.24) is 19.6 Å². The Morgan fingerprint density at radius 3 is 2.58 bits per heavy atom. The maximum absolute atomic E-state index is 12.5. The molecule has 0 saturated carbocycles. The Morgan fingerprint density at radius 1 is 1.17 bits per heavy atom. The van der Waals surface area contributed by atoms with Gasteiger partial charge in [-0.3, -0.25) is 9.48 Å². The van der Waals surface area contributed by atoms with Gasteiger partial charge in [0.05, 0.1) is 18.3 Å². The highest BCUT2D eigenvalue weighted by Crippen LogP contribution is 2.16. The average molecular weight is 330 g/mol. The summed E-state index contributed by atoms with van der Waals surface area (Å²) in [5, 5.41) is 5.35. The fourth-order valence-corrected chi connectivity index (χ4v) is 2.89. The third-order valence-corrected chi connectivity index (χ3v) is 4.24. The number of nitrogens with zero attached hydrogens (tertiary/aromatic N) is 4. The smallest absolute Gasteiger partial charge is 0.409 e. The van der Waals surface area contributed by atoms with Crippen molar-refractivity contribution in [1.29, 1.82) is 0 Å². The van der Waals surface area contributed by atoms with Gasteiger partial charge < -0.3 is 14.5 Å². The minimum Gasteiger partial charge on any atom is -0.450 e. The van der Waals surface area contributed by atoms with E-state index >= 15 is 0 Å². The van der Waals surface area contributed by atoms with E-state index in [1.54, 1.807) is 27.6 Å². The van der Waals surface area contributed by atoms with Crippen molar-refractivity contribution < 1.29 is 14.3 Å².